The van der Waals surface area contributed by atoms with Crippen molar-refractivity contribution in [1.29, 1.82) is 0 Å². The largest absolute Gasteiger partial charge is 0.492 e. The second-order valence-corrected chi connectivity index (χ2v) is 9.39. The lowest BCUT2D eigenvalue weighted by molar-refractivity contribution is -0.141. The molecule has 1 aliphatic carbocycles. The zero-order chi connectivity index (χ0) is 26.0. The SMILES string of the molecule is CC.COC(=O)C[C@@H]1COc2cc(O[C@@H]3CCc4c(-c5c(C)cc(C)cc5C)ccc(F)c43)ccc21. The van der Waals surface area contributed by atoms with Crippen LogP contribution in [0.4, 0.5) is 4.39 Å². The first kappa shape index (κ1) is 25.7. The third-order valence-electron chi connectivity index (χ3n) is 7.01. The number of carbonyl (C=O) groups is 1. The zero-order valence-electron chi connectivity index (χ0n) is 22.0. The summed E-state index contributed by atoms with van der Waals surface area (Å²) in [4.78, 5) is 11.7. The third kappa shape index (κ3) is 4.84. The average Bonchev–Trinajstić information content (AvgIpc) is 3.46. The molecule has 5 heteroatoms. The summed E-state index contributed by atoms with van der Waals surface area (Å²) in [5, 5.41) is 0. The molecular weight excluding hydrogens is 455 g/mol. The summed E-state index contributed by atoms with van der Waals surface area (Å²) < 4.78 is 32.0. The summed E-state index contributed by atoms with van der Waals surface area (Å²) in [5.41, 5.74) is 8.58. The molecule has 0 fully saturated rings. The molecule has 36 heavy (non-hydrogen) atoms. The number of halogens is 1. The van der Waals surface area contributed by atoms with Gasteiger partial charge in [0.15, 0.2) is 0 Å². The Morgan fingerprint density at radius 2 is 1.78 bits per heavy atom. The van der Waals surface area contributed by atoms with Crippen LogP contribution in [0.15, 0.2) is 42.5 Å². The van der Waals surface area contributed by atoms with Crippen LogP contribution in [0.1, 0.15) is 72.1 Å². The van der Waals surface area contributed by atoms with E-state index in [1.807, 2.05) is 38.1 Å². The number of hydrogen-bond acceptors (Lipinski definition) is 4. The number of rotatable bonds is 5. The minimum atomic E-state index is -0.355. The van der Waals surface area contributed by atoms with Gasteiger partial charge in [-0.2, -0.15) is 0 Å². The highest BCUT2D eigenvalue weighted by molar-refractivity contribution is 5.76. The number of ether oxygens (including phenoxy) is 3. The molecule has 0 radical (unpaired) electrons. The van der Waals surface area contributed by atoms with Crippen LogP contribution in [0.5, 0.6) is 11.5 Å². The van der Waals surface area contributed by atoms with Crippen molar-refractivity contribution >= 4 is 5.97 Å². The lowest BCUT2D eigenvalue weighted by atomic mass is 9.89. The van der Waals surface area contributed by atoms with Gasteiger partial charge in [-0.1, -0.05) is 43.7 Å². The second-order valence-electron chi connectivity index (χ2n) is 9.39. The summed E-state index contributed by atoms with van der Waals surface area (Å²) in [7, 11) is 1.39. The molecular formula is C31H35FO4. The van der Waals surface area contributed by atoms with Crippen molar-refractivity contribution in [2.24, 2.45) is 0 Å². The van der Waals surface area contributed by atoms with Crippen LogP contribution in [0, 0.1) is 26.6 Å². The summed E-state index contributed by atoms with van der Waals surface area (Å²) in [6.07, 6.45) is 1.41. The van der Waals surface area contributed by atoms with Crippen molar-refractivity contribution in [2.45, 2.75) is 65.9 Å². The average molecular weight is 491 g/mol. The number of hydrogen-bond donors (Lipinski definition) is 0. The smallest absolute Gasteiger partial charge is 0.306 e. The molecule has 190 valence electrons. The molecule has 0 bridgehead atoms. The van der Waals surface area contributed by atoms with Gasteiger partial charge in [0.25, 0.3) is 0 Å². The Kier molecular flexibility index (Phi) is 7.67. The van der Waals surface area contributed by atoms with E-state index in [1.54, 1.807) is 6.07 Å². The number of aryl methyl sites for hydroxylation is 3. The summed E-state index contributed by atoms with van der Waals surface area (Å²) >= 11 is 0. The highest BCUT2D eigenvalue weighted by atomic mass is 19.1. The Hall–Kier alpha value is -3.34. The van der Waals surface area contributed by atoms with Gasteiger partial charge in [0.1, 0.15) is 23.4 Å². The van der Waals surface area contributed by atoms with Crippen LogP contribution >= 0.6 is 0 Å². The van der Waals surface area contributed by atoms with Gasteiger partial charge in [-0.15, -0.1) is 0 Å². The van der Waals surface area contributed by atoms with Gasteiger partial charge in [0, 0.05) is 23.1 Å². The van der Waals surface area contributed by atoms with Crippen LogP contribution in [0.3, 0.4) is 0 Å². The molecule has 0 unspecified atom stereocenters. The molecule has 2 aliphatic rings. The topological polar surface area (TPSA) is 44.8 Å². The standard InChI is InChI=1S/C29H29FO4.C2H6/c1-16-11-17(2)28(18(3)12-16)22-7-9-24(30)29-23(22)8-10-25(29)34-20-5-6-21-19(13-27(31)32-4)15-33-26(21)14-20;1-2/h5-7,9,11-12,14,19,25H,8,10,13,15H2,1-4H3;1-2H3/t19-,25-;/m1./s1. The Morgan fingerprint density at radius 3 is 2.47 bits per heavy atom. The molecule has 4 nitrogen and oxygen atoms in total. The van der Waals surface area contributed by atoms with E-state index in [0.29, 0.717) is 23.7 Å². The van der Waals surface area contributed by atoms with Gasteiger partial charge in [-0.25, -0.2) is 4.39 Å². The van der Waals surface area contributed by atoms with Gasteiger partial charge < -0.3 is 14.2 Å². The monoisotopic (exact) mass is 490 g/mol. The molecule has 2 atom stereocenters. The quantitative estimate of drug-likeness (QED) is 0.346. The lowest BCUT2D eigenvalue weighted by Gasteiger charge is -2.19. The molecule has 1 heterocycles. The van der Waals surface area contributed by atoms with Crippen molar-refractivity contribution in [3.05, 3.63) is 81.7 Å². The van der Waals surface area contributed by atoms with Crippen LogP contribution < -0.4 is 9.47 Å². The highest BCUT2D eigenvalue weighted by Gasteiger charge is 2.32. The molecule has 0 saturated carbocycles. The zero-order valence-corrected chi connectivity index (χ0v) is 22.0. The van der Waals surface area contributed by atoms with Gasteiger partial charge in [0.2, 0.25) is 0 Å². The Bertz CT molecular complexity index is 1260. The number of methoxy groups -OCH3 is 1. The van der Waals surface area contributed by atoms with Gasteiger partial charge >= 0.3 is 5.97 Å². The molecule has 0 spiro atoms. The van der Waals surface area contributed by atoms with Gasteiger partial charge in [-0.05, 0) is 73.6 Å². The van der Waals surface area contributed by atoms with Crippen molar-refractivity contribution in [3.63, 3.8) is 0 Å². The number of fused-ring (bicyclic) bond motifs is 2. The highest BCUT2D eigenvalue weighted by Crippen LogP contribution is 2.45. The number of benzene rings is 3. The molecule has 0 aromatic heterocycles. The Labute approximate surface area is 213 Å². The van der Waals surface area contributed by atoms with Crippen LogP contribution in [0.25, 0.3) is 11.1 Å². The third-order valence-corrected chi connectivity index (χ3v) is 7.01. The van der Waals surface area contributed by atoms with E-state index in [0.717, 1.165) is 29.5 Å². The Morgan fingerprint density at radius 1 is 1.06 bits per heavy atom. The maximum Gasteiger partial charge on any atom is 0.306 e. The van der Waals surface area contributed by atoms with Crippen LogP contribution in [-0.2, 0) is 16.0 Å². The minimum Gasteiger partial charge on any atom is -0.492 e. The Balaban J connectivity index is 0.00000148. The van der Waals surface area contributed by atoms with E-state index in [-0.39, 0.29) is 30.2 Å². The van der Waals surface area contributed by atoms with E-state index < -0.39 is 0 Å². The molecule has 0 amide bonds. The van der Waals surface area contributed by atoms with Gasteiger partial charge in [-0.3, -0.25) is 4.79 Å². The normalized spacial score (nSPS) is 17.4. The fraction of sp³-hybridized carbons (Fsp3) is 0.387. The van der Waals surface area contributed by atoms with E-state index in [1.165, 1.54) is 29.4 Å². The van der Waals surface area contributed by atoms with Crippen molar-refractivity contribution < 1.29 is 23.4 Å². The second kappa shape index (κ2) is 10.7. The molecule has 0 saturated heterocycles. The fourth-order valence-corrected chi connectivity index (χ4v) is 5.58. The summed E-state index contributed by atoms with van der Waals surface area (Å²) in [5.74, 6) is 0.853. The number of esters is 1. The first-order chi connectivity index (χ1) is 17.4. The van der Waals surface area contributed by atoms with E-state index >= 15 is 4.39 Å². The van der Waals surface area contributed by atoms with Crippen molar-refractivity contribution in [3.8, 4) is 22.6 Å². The molecule has 0 N–H and O–H groups in total. The first-order valence-electron chi connectivity index (χ1n) is 12.8. The fourth-order valence-electron chi connectivity index (χ4n) is 5.58. The molecule has 5 rings (SSSR count). The van der Waals surface area contributed by atoms with Gasteiger partial charge in [0.05, 0.1) is 20.1 Å². The van der Waals surface area contributed by atoms with Crippen molar-refractivity contribution in [1.82, 2.24) is 0 Å². The van der Waals surface area contributed by atoms with E-state index in [9.17, 15) is 4.79 Å². The van der Waals surface area contributed by atoms with Crippen LogP contribution in [-0.4, -0.2) is 19.7 Å². The van der Waals surface area contributed by atoms with Crippen LogP contribution in [0.2, 0.25) is 0 Å². The lowest BCUT2D eigenvalue weighted by Crippen LogP contribution is -2.09. The molecule has 3 aromatic carbocycles. The predicted octanol–water partition coefficient (Wildman–Crippen LogP) is 7.55. The molecule has 3 aromatic rings. The maximum absolute atomic E-state index is 15.1. The molecule has 1 aliphatic heterocycles. The predicted molar refractivity (Wildman–Crippen MR) is 140 cm³/mol. The van der Waals surface area contributed by atoms with E-state index in [4.69, 9.17) is 14.2 Å². The number of carbonyl (C=O) groups excluding carboxylic acids is 1. The van der Waals surface area contributed by atoms with E-state index in [2.05, 4.69) is 32.9 Å². The first-order valence-corrected chi connectivity index (χ1v) is 12.8. The summed E-state index contributed by atoms with van der Waals surface area (Å²) in [6.45, 7) is 10.8. The minimum absolute atomic E-state index is 0.0234. The maximum atomic E-state index is 15.1. The summed E-state index contributed by atoms with van der Waals surface area (Å²) in [6, 6.07) is 13.5. The van der Waals surface area contributed by atoms with Crippen molar-refractivity contribution in [2.75, 3.05) is 13.7 Å².